The number of thiazole rings is 1. The summed E-state index contributed by atoms with van der Waals surface area (Å²) in [5, 5.41) is 17.4. The standard InChI is InChI=1S/C25H23Cl2N3O3S2/c1-13(2)34-24-20(16-10-11-17(26)18(27)12-16)28-25(35-24)30-21(23(32)33-4)19(14(3)29-30)22(31)15-8-6-5-7-9-15/h5-13,22,31H,1-4H3. The molecule has 2 heterocycles. The number of carbonyl (C=O) groups excluding carboxylic acids is 1. The SMILES string of the molecule is COC(=O)c1c(C(O)c2ccccc2)c(C)nn1-c1nc(-c2ccc(Cl)c(Cl)c2)c(SC(C)C)s1. The van der Waals surface area contributed by atoms with Crippen molar-refractivity contribution in [3.8, 4) is 16.4 Å². The molecule has 1 N–H and O–H groups in total. The van der Waals surface area contributed by atoms with E-state index in [2.05, 4.69) is 18.9 Å². The minimum atomic E-state index is -1.06. The monoisotopic (exact) mass is 547 g/mol. The van der Waals surface area contributed by atoms with Crippen molar-refractivity contribution in [1.29, 1.82) is 0 Å². The molecule has 1 atom stereocenters. The summed E-state index contributed by atoms with van der Waals surface area (Å²) < 4.78 is 7.49. The number of esters is 1. The highest BCUT2D eigenvalue weighted by Gasteiger charge is 2.30. The zero-order chi connectivity index (χ0) is 25.3. The molecule has 0 fully saturated rings. The summed E-state index contributed by atoms with van der Waals surface area (Å²) in [5.74, 6) is -0.611. The summed E-state index contributed by atoms with van der Waals surface area (Å²) in [5.41, 5.74) is 3.19. The van der Waals surface area contributed by atoms with Crippen LogP contribution in [-0.4, -0.2) is 38.2 Å². The highest BCUT2D eigenvalue weighted by atomic mass is 35.5. The summed E-state index contributed by atoms with van der Waals surface area (Å²) in [7, 11) is 1.30. The number of aliphatic hydroxyl groups excluding tert-OH is 1. The highest BCUT2D eigenvalue weighted by Crippen LogP contribution is 2.42. The molecule has 4 aromatic rings. The van der Waals surface area contributed by atoms with Gasteiger partial charge in [-0.3, -0.25) is 0 Å². The van der Waals surface area contributed by atoms with Crippen molar-refractivity contribution >= 4 is 52.3 Å². The van der Waals surface area contributed by atoms with Crippen LogP contribution in [0.1, 0.15) is 47.3 Å². The molecule has 0 saturated carbocycles. The lowest BCUT2D eigenvalue weighted by Gasteiger charge is -2.12. The van der Waals surface area contributed by atoms with Crippen LogP contribution in [0.3, 0.4) is 0 Å². The fourth-order valence-corrected chi connectivity index (χ4v) is 6.38. The second kappa shape index (κ2) is 10.7. The van der Waals surface area contributed by atoms with Gasteiger partial charge in [-0.05, 0) is 24.6 Å². The molecule has 2 aromatic heterocycles. The van der Waals surface area contributed by atoms with Crippen LogP contribution in [-0.2, 0) is 4.74 Å². The Morgan fingerprint density at radius 1 is 1.14 bits per heavy atom. The number of carbonyl (C=O) groups is 1. The maximum Gasteiger partial charge on any atom is 0.357 e. The third kappa shape index (κ3) is 5.27. The number of ether oxygens (including phenoxy) is 1. The molecule has 0 aliphatic rings. The Morgan fingerprint density at radius 2 is 1.86 bits per heavy atom. The highest BCUT2D eigenvalue weighted by molar-refractivity contribution is 8.01. The lowest BCUT2D eigenvalue weighted by Crippen LogP contribution is -2.14. The Kier molecular flexibility index (Phi) is 7.88. The Bertz CT molecular complexity index is 1370. The second-order valence-electron chi connectivity index (χ2n) is 7.99. The first-order valence-electron chi connectivity index (χ1n) is 10.7. The minimum Gasteiger partial charge on any atom is -0.464 e. The Labute approximate surface area is 221 Å². The fourth-order valence-electron chi connectivity index (χ4n) is 3.61. The third-order valence-electron chi connectivity index (χ3n) is 5.18. The van der Waals surface area contributed by atoms with Gasteiger partial charge in [-0.25, -0.2) is 9.78 Å². The van der Waals surface area contributed by atoms with E-state index in [1.807, 2.05) is 24.3 Å². The van der Waals surface area contributed by atoms with E-state index >= 15 is 0 Å². The summed E-state index contributed by atoms with van der Waals surface area (Å²) in [6.45, 7) is 5.94. The summed E-state index contributed by atoms with van der Waals surface area (Å²) in [6, 6.07) is 14.5. The van der Waals surface area contributed by atoms with Crippen molar-refractivity contribution in [2.24, 2.45) is 0 Å². The van der Waals surface area contributed by atoms with Gasteiger partial charge in [0, 0.05) is 16.4 Å². The van der Waals surface area contributed by atoms with E-state index in [0.29, 0.717) is 37.2 Å². The first-order chi connectivity index (χ1) is 16.7. The Hall–Kier alpha value is -2.36. The molecule has 6 nitrogen and oxygen atoms in total. The molecule has 0 aliphatic carbocycles. The van der Waals surface area contributed by atoms with Gasteiger partial charge >= 0.3 is 5.97 Å². The average Bonchev–Trinajstić information content (AvgIpc) is 3.40. The van der Waals surface area contributed by atoms with Crippen molar-refractivity contribution < 1.29 is 14.6 Å². The smallest absolute Gasteiger partial charge is 0.357 e. The molecule has 4 rings (SSSR count). The number of aryl methyl sites for hydroxylation is 1. The summed E-state index contributed by atoms with van der Waals surface area (Å²) >= 11 is 15.5. The first-order valence-corrected chi connectivity index (χ1v) is 13.2. The van der Waals surface area contributed by atoms with Gasteiger partial charge in [0.2, 0.25) is 5.13 Å². The molecule has 182 valence electrons. The van der Waals surface area contributed by atoms with Crippen LogP contribution in [0.15, 0.2) is 52.7 Å². The number of aliphatic hydroxyl groups is 1. The molecular weight excluding hydrogens is 525 g/mol. The number of nitrogens with zero attached hydrogens (tertiary/aromatic N) is 3. The molecule has 2 aromatic carbocycles. The van der Waals surface area contributed by atoms with Crippen LogP contribution in [0, 0.1) is 6.92 Å². The maximum absolute atomic E-state index is 12.9. The van der Waals surface area contributed by atoms with Crippen molar-refractivity contribution in [2.75, 3.05) is 7.11 Å². The number of benzene rings is 2. The van der Waals surface area contributed by atoms with E-state index in [9.17, 15) is 9.90 Å². The predicted molar refractivity (Wildman–Crippen MR) is 142 cm³/mol. The number of halogens is 2. The molecule has 0 aliphatic heterocycles. The minimum absolute atomic E-state index is 0.136. The normalized spacial score (nSPS) is 12.2. The van der Waals surface area contributed by atoms with Crippen molar-refractivity contribution in [2.45, 2.75) is 36.3 Å². The number of aromatic nitrogens is 3. The van der Waals surface area contributed by atoms with Gasteiger partial charge in [-0.1, -0.05) is 84.8 Å². The van der Waals surface area contributed by atoms with E-state index in [0.717, 1.165) is 15.5 Å². The van der Waals surface area contributed by atoms with Gasteiger partial charge in [0.1, 0.15) is 6.10 Å². The van der Waals surface area contributed by atoms with Crippen LogP contribution in [0.4, 0.5) is 0 Å². The number of thioether (sulfide) groups is 1. The quantitative estimate of drug-likeness (QED) is 0.198. The topological polar surface area (TPSA) is 77.2 Å². The maximum atomic E-state index is 12.9. The molecule has 10 heteroatoms. The summed E-state index contributed by atoms with van der Waals surface area (Å²) in [4.78, 5) is 17.8. The molecule has 1 unspecified atom stereocenters. The molecule has 0 radical (unpaired) electrons. The lowest BCUT2D eigenvalue weighted by molar-refractivity contribution is 0.0584. The van der Waals surface area contributed by atoms with Crippen LogP contribution in [0.5, 0.6) is 0 Å². The molecule has 0 saturated heterocycles. The van der Waals surface area contributed by atoms with Crippen molar-refractivity contribution in [3.05, 3.63) is 81.1 Å². The van der Waals surface area contributed by atoms with E-state index in [4.69, 9.17) is 32.9 Å². The van der Waals surface area contributed by atoms with Crippen LogP contribution in [0.2, 0.25) is 10.0 Å². The van der Waals surface area contributed by atoms with E-state index in [1.165, 1.54) is 23.1 Å². The zero-order valence-electron chi connectivity index (χ0n) is 19.5. The van der Waals surface area contributed by atoms with Crippen LogP contribution < -0.4 is 0 Å². The first kappa shape index (κ1) is 25.7. The third-order valence-corrected chi connectivity index (χ3v) is 8.16. The Morgan fingerprint density at radius 3 is 2.49 bits per heavy atom. The van der Waals surface area contributed by atoms with Crippen LogP contribution in [0.25, 0.3) is 16.4 Å². The molecular formula is C25H23Cl2N3O3S2. The molecule has 0 spiro atoms. The Balaban J connectivity index is 1.90. The van der Waals surface area contributed by atoms with Gasteiger partial charge in [-0.15, -0.1) is 11.8 Å². The van der Waals surface area contributed by atoms with Gasteiger partial charge in [0.25, 0.3) is 0 Å². The van der Waals surface area contributed by atoms with Crippen molar-refractivity contribution in [1.82, 2.24) is 14.8 Å². The fraction of sp³-hybridized carbons (Fsp3) is 0.240. The largest absolute Gasteiger partial charge is 0.464 e. The van der Waals surface area contributed by atoms with Gasteiger partial charge < -0.3 is 9.84 Å². The zero-order valence-corrected chi connectivity index (χ0v) is 22.6. The van der Waals surface area contributed by atoms with E-state index in [-0.39, 0.29) is 5.69 Å². The van der Waals surface area contributed by atoms with Gasteiger partial charge in [0.15, 0.2) is 5.69 Å². The average molecular weight is 549 g/mol. The van der Waals surface area contributed by atoms with E-state index < -0.39 is 12.1 Å². The number of rotatable bonds is 7. The van der Waals surface area contributed by atoms with Gasteiger partial charge in [0.05, 0.1) is 32.8 Å². The number of hydrogen-bond acceptors (Lipinski definition) is 7. The molecule has 0 amide bonds. The number of methoxy groups -OCH3 is 1. The van der Waals surface area contributed by atoms with Crippen LogP contribution >= 0.6 is 46.3 Å². The second-order valence-corrected chi connectivity index (χ2v) is 11.6. The predicted octanol–water partition coefficient (Wildman–Crippen LogP) is 6.98. The van der Waals surface area contributed by atoms with Crippen molar-refractivity contribution in [3.63, 3.8) is 0 Å². The number of hydrogen-bond donors (Lipinski definition) is 1. The lowest BCUT2D eigenvalue weighted by atomic mass is 9.99. The molecule has 35 heavy (non-hydrogen) atoms. The van der Waals surface area contributed by atoms with Gasteiger partial charge in [-0.2, -0.15) is 9.78 Å². The summed E-state index contributed by atoms with van der Waals surface area (Å²) in [6.07, 6.45) is -1.06. The molecule has 0 bridgehead atoms. The van der Waals surface area contributed by atoms with E-state index in [1.54, 1.807) is 43.0 Å².